The van der Waals surface area contributed by atoms with Crippen molar-refractivity contribution < 1.29 is 4.74 Å². The topological polar surface area (TPSA) is 49.2 Å². The predicted molar refractivity (Wildman–Crippen MR) is 64.3 cm³/mol. The Morgan fingerprint density at radius 1 is 1.59 bits per heavy atom. The van der Waals surface area contributed by atoms with Crippen LogP contribution in [0, 0.1) is 16.7 Å². The van der Waals surface area contributed by atoms with Crippen molar-refractivity contribution in [2.24, 2.45) is 5.41 Å². The van der Waals surface area contributed by atoms with E-state index in [4.69, 9.17) is 10.00 Å². The van der Waals surface area contributed by atoms with Gasteiger partial charge in [0.05, 0.1) is 19.3 Å². The quantitative estimate of drug-likeness (QED) is 0.761. The van der Waals surface area contributed by atoms with E-state index in [-0.39, 0.29) is 5.41 Å². The van der Waals surface area contributed by atoms with E-state index in [2.05, 4.69) is 22.0 Å². The first-order valence-corrected chi connectivity index (χ1v) is 5.81. The molecule has 1 aliphatic heterocycles. The minimum absolute atomic E-state index is 0.274. The minimum Gasteiger partial charge on any atom is -0.378 e. The van der Waals surface area contributed by atoms with Crippen molar-refractivity contribution in [3.63, 3.8) is 0 Å². The van der Waals surface area contributed by atoms with E-state index in [0.717, 1.165) is 19.5 Å². The van der Waals surface area contributed by atoms with E-state index >= 15 is 0 Å². The fourth-order valence-electron chi connectivity index (χ4n) is 2.00. The van der Waals surface area contributed by atoms with Crippen LogP contribution in [-0.2, 0) is 11.2 Å². The Kier molecular flexibility index (Phi) is 3.72. The molecule has 90 valence electrons. The smallest absolute Gasteiger partial charge is 0.116 e. The van der Waals surface area contributed by atoms with Crippen LogP contribution in [-0.4, -0.2) is 43.2 Å². The Balaban J connectivity index is 1.78. The second-order valence-corrected chi connectivity index (χ2v) is 4.73. The maximum absolute atomic E-state index is 9.10. The summed E-state index contributed by atoms with van der Waals surface area (Å²) < 4.78 is 5.13. The Labute approximate surface area is 102 Å². The summed E-state index contributed by atoms with van der Waals surface area (Å²) in [6.07, 6.45) is 4.64. The largest absolute Gasteiger partial charge is 0.378 e. The van der Waals surface area contributed by atoms with Gasteiger partial charge in [-0.3, -0.25) is 4.98 Å². The maximum Gasteiger partial charge on any atom is 0.116 e. The summed E-state index contributed by atoms with van der Waals surface area (Å²) in [6.45, 7) is 2.86. The van der Waals surface area contributed by atoms with Gasteiger partial charge in [-0.2, -0.15) is 5.26 Å². The second-order valence-electron chi connectivity index (χ2n) is 4.73. The van der Waals surface area contributed by atoms with E-state index < -0.39 is 0 Å². The molecule has 4 heteroatoms. The van der Waals surface area contributed by atoms with E-state index in [1.165, 1.54) is 5.56 Å². The maximum atomic E-state index is 9.10. The number of rotatable bonds is 5. The van der Waals surface area contributed by atoms with Gasteiger partial charge in [-0.05, 0) is 25.1 Å². The average molecular weight is 231 g/mol. The fraction of sp³-hybridized carbons (Fsp3) is 0.538. The molecule has 1 aliphatic rings. The van der Waals surface area contributed by atoms with Crippen molar-refractivity contribution in [2.75, 3.05) is 33.4 Å². The lowest BCUT2D eigenvalue weighted by Gasteiger charge is -2.37. The lowest BCUT2D eigenvalue weighted by atomic mass is 9.87. The molecular weight excluding hydrogens is 214 g/mol. The first-order valence-electron chi connectivity index (χ1n) is 5.81. The van der Waals surface area contributed by atoms with Crippen LogP contribution in [0.5, 0.6) is 0 Å². The third kappa shape index (κ3) is 3.02. The van der Waals surface area contributed by atoms with Gasteiger partial charge < -0.3 is 9.64 Å². The van der Waals surface area contributed by atoms with Crippen molar-refractivity contribution >= 4 is 0 Å². The zero-order chi connectivity index (χ0) is 12.1. The van der Waals surface area contributed by atoms with Gasteiger partial charge in [0.2, 0.25) is 0 Å². The number of likely N-dealkylation sites (N-methyl/N-ethyl adjacent to an activating group) is 1. The fourth-order valence-corrected chi connectivity index (χ4v) is 2.00. The summed E-state index contributed by atoms with van der Waals surface area (Å²) in [6, 6.07) is 6.39. The van der Waals surface area contributed by atoms with Crippen molar-refractivity contribution in [3.05, 3.63) is 30.1 Å². The lowest BCUT2D eigenvalue weighted by molar-refractivity contribution is -0.0886. The molecule has 1 aromatic rings. The Morgan fingerprint density at radius 2 is 2.41 bits per heavy atom. The van der Waals surface area contributed by atoms with Gasteiger partial charge in [0.1, 0.15) is 5.41 Å². The summed E-state index contributed by atoms with van der Waals surface area (Å²) in [5.41, 5.74) is 0.958. The highest BCUT2D eigenvalue weighted by Crippen LogP contribution is 2.27. The first kappa shape index (κ1) is 12.0. The number of hydrogen-bond acceptors (Lipinski definition) is 4. The number of ether oxygens (including phenoxy) is 1. The molecule has 0 aromatic carbocycles. The molecule has 0 aliphatic carbocycles. The number of nitriles is 1. The molecular formula is C13H17N3O. The molecule has 0 radical (unpaired) electrons. The highest BCUT2D eigenvalue weighted by molar-refractivity contribution is 5.09. The van der Waals surface area contributed by atoms with Crippen LogP contribution in [0.4, 0.5) is 0 Å². The van der Waals surface area contributed by atoms with Crippen molar-refractivity contribution in [1.82, 2.24) is 9.88 Å². The first-order chi connectivity index (χ1) is 8.24. The zero-order valence-corrected chi connectivity index (χ0v) is 10.1. The molecule has 1 saturated heterocycles. The predicted octanol–water partition coefficient (Wildman–Crippen LogP) is 1.10. The molecule has 17 heavy (non-hydrogen) atoms. The summed E-state index contributed by atoms with van der Waals surface area (Å²) in [7, 11) is 2.05. The van der Waals surface area contributed by atoms with Gasteiger partial charge in [-0.25, -0.2) is 0 Å². The van der Waals surface area contributed by atoms with Crippen LogP contribution in [0.3, 0.4) is 0 Å². The highest BCUT2D eigenvalue weighted by atomic mass is 16.5. The SMILES string of the molecule is CN(CCc1cccnc1)CC1(C#N)COC1. The highest BCUT2D eigenvalue weighted by Gasteiger charge is 2.39. The molecule has 0 amide bonds. The minimum atomic E-state index is -0.274. The summed E-state index contributed by atoms with van der Waals surface area (Å²) >= 11 is 0. The van der Waals surface area contributed by atoms with Crippen LogP contribution < -0.4 is 0 Å². The van der Waals surface area contributed by atoms with Crippen LogP contribution in [0.1, 0.15) is 5.56 Å². The molecule has 0 atom stereocenters. The lowest BCUT2D eigenvalue weighted by Crippen LogP contribution is -2.49. The van der Waals surface area contributed by atoms with Crippen LogP contribution in [0.15, 0.2) is 24.5 Å². The number of nitrogens with zero attached hydrogens (tertiary/aromatic N) is 3. The summed E-state index contributed by atoms with van der Waals surface area (Å²) in [5, 5.41) is 9.10. The van der Waals surface area contributed by atoms with Gasteiger partial charge in [0, 0.05) is 25.5 Å². The molecule has 0 bridgehead atoms. The Bertz CT molecular complexity index is 395. The zero-order valence-electron chi connectivity index (χ0n) is 10.1. The molecule has 0 N–H and O–H groups in total. The molecule has 2 heterocycles. The van der Waals surface area contributed by atoms with Crippen molar-refractivity contribution in [3.8, 4) is 6.07 Å². The van der Waals surface area contributed by atoms with Crippen molar-refractivity contribution in [2.45, 2.75) is 6.42 Å². The van der Waals surface area contributed by atoms with Gasteiger partial charge in [-0.1, -0.05) is 6.07 Å². The van der Waals surface area contributed by atoms with Gasteiger partial charge in [0.25, 0.3) is 0 Å². The Morgan fingerprint density at radius 3 is 2.94 bits per heavy atom. The number of aromatic nitrogens is 1. The van der Waals surface area contributed by atoms with Crippen molar-refractivity contribution in [1.29, 1.82) is 5.26 Å². The van der Waals surface area contributed by atoms with Gasteiger partial charge in [0.15, 0.2) is 0 Å². The molecule has 0 saturated carbocycles. The summed E-state index contributed by atoms with van der Waals surface area (Å²) in [4.78, 5) is 6.28. The number of pyridine rings is 1. The molecule has 4 nitrogen and oxygen atoms in total. The van der Waals surface area contributed by atoms with E-state index in [1.54, 1.807) is 6.20 Å². The van der Waals surface area contributed by atoms with E-state index in [1.807, 2.05) is 19.3 Å². The normalized spacial score (nSPS) is 17.5. The monoisotopic (exact) mass is 231 g/mol. The third-order valence-electron chi connectivity index (χ3n) is 3.07. The van der Waals surface area contributed by atoms with Crippen LogP contribution in [0.2, 0.25) is 0 Å². The molecule has 2 rings (SSSR count). The van der Waals surface area contributed by atoms with E-state index in [9.17, 15) is 0 Å². The van der Waals surface area contributed by atoms with E-state index in [0.29, 0.717) is 13.2 Å². The standard InChI is InChI=1S/C13H17N3O/c1-16(9-13(8-14)10-17-11-13)6-4-12-3-2-5-15-7-12/h2-3,5,7H,4,6,9-11H2,1H3. The Hall–Kier alpha value is -1.44. The average Bonchev–Trinajstić information content (AvgIpc) is 2.33. The molecule has 1 fully saturated rings. The van der Waals surface area contributed by atoms with Gasteiger partial charge >= 0.3 is 0 Å². The molecule has 0 spiro atoms. The number of hydrogen-bond donors (Lipinski definition) is 0. The third-order valence-corrected chi connectivity index (χ3v) is 3.07. The second kappa shape index (κ2) is 5.26. The molecule has 0 unspecified atom stereocenters. The summed E-state index contributed by atoms with van der Waals surface area (Å²) in [5.74, 6) is 0. The van der Waals surface area contributed by atoms with Gasteiger partial charge in [-0.15, -0.1) is 0 Å². The van der Waals surface area contributed by atoms with Crippen LogP contribution >= 0.6 is 0 Å². The molecule has 1 aromatic heterocycles. The van der Waals surface area contributed by atoms with Crippen LogP contribution in [0.25, 0.3) is 0 Å².